The maximum atomic E-state index is 12.9. The van der Waals surface area contributed by atoms with Crippen LogP contribution in [0.4, 0.5) is 5.95 Å². The number of fused-ring (bicyclic) bond motifs is 1. The molecule has 1 N–H and O–H groups in total. The highest BCUT2D eigenvalue weighted by molar-refractivity contribution is 5.83. The summed E-state index contributed by atoms with van der Waals surface area (Å²) in [5.41, 5.74) is 3.26. The minimum atomic E-state index is -0.0635. The summed E-state index contributed by atoms with van der Waals surface area (Å²) in [6.45, 7) is 16.5. The van der Waals surface area contributed by atoms with Crippen molar-refractivity contribution < 1.29 is 9.53 Å². The van der Waals surface area contributed by atoms with Gasteiger partial charge < -0.3 is 15.0 Å². The van der Waals surface area contributed by atoms with Crippen molar-refractivity contribution in [1.82, 2.24) is 20.2 Å². The lowest BCUT2D eigenvalue weighted by atomic mass is 9.95. The van der Waals surface area contributed by atoms with Gasteiger partial charge in [0.1, 0.15) is 0 Å². The number of benzene rings is 1. The summed E-state index contributed by atoms with van der Waals surface area (Å²) >= 11 is 0. The minimum absolute atomic E-state index is 0.0527. The number of hydrogen-bond donors (Lipinski definition) is 1. The molecule has 2 aromatic rings. The van der Waals surface area contributed by atoms with Crippen LogP contribution in [-0.2, 0) is 9.53 Å². The van der Waals surface area contributed by atoms with E-state index < -0.39 is 0 Å². The molecule has 0 aliphatic carbocycles. The Balaban J connectivity index is 1.34. The summed E-state index contributed by atoms with van der Waals surface area (Å²) in [5, 5.41) is 4.35. The SMILES string of the molecule is Cc1nc(N2CCC(C(=O)NCC(C)(C)N3CCOCC3)CC2)nc2ccc(C(C)C)cc12. The van der Waals surface area contributed by atoms with E-state index in [0.29, 0.717) is 12.5 Å². The average molecular weight is 454 g/mol. The molecule has 7 heteroatoms. The van der Waals surface area contributed by atoms with Crippen molar-refractivity contribution in [3.63, 3.8) is 0 Å². The van der Waals surface area contributed by atoms with E-state index in [1.807, 2.05) is 0 Å². The van der Waals surface area contributed by atoms with Crippen LogP contribution < -0.4 is 10.2 Å². The summed E-state index contributed by atoms with van der Waals surface area (Å²) in [6.07, 6.45) is 1.66. The lowest BCUT2D eigenvalue weighted by Crippen LogP contribution is -2.56. The number of rotatable bonds is 6. The summed E-state index contributed by atoms with van der Waals surface area (Å²) in [4.78, 5) is 27.2. The number of aromatic nitrogens is 2. The normalized spacial score (nSPS) is 18.8. The summed E-state index contributed by atoms with van der Waals surface area (Å²) in [6, 6.07) is 6.49. The van der Waals surface area contributed by atoms with Gasteiger partial charge in [-0.25, -0.2) is 9.97 Å². The third kappa shape index (κ3) is 5.46. The highest BCUT2D eigenvalue weighted by Gasteiger charge is 2.31. The van der Waals surface area contributed by atoms with Crippen LogP contribution in [0.2, 0.25) is 0 Å². The van der Waals surface area contributed by atoms with Crippen LogP contribution in [0.1, 0.15) is 57.7 Å². The number of aryl methyl sites for hydroxylation is 1. The zero-order valence-corrected chi connectivity index (χ0v) is 20.9. The van der Waals surface area contributed by atoms with Gasteiger partial charge in [0.05, 0.1) is 24.4 Å². The molecule has 0 radical (unpaired) electrons. The zero-order valence-electron chi connectivity index (χ0n) is 20.9. The number of carbonyl (C=O) groups is 1. The fourth-order valence-corrected chi connectivity index (χ4v) is 4.85. The highest BCUT2D eigenvalue weighted by atomic mass is 16.5. The molecule has 180 valence electrons. The van der Waals surface area contributed by atoms with Crippen LogP contribution in [0, 0.1) is 12.8 Å². The van der Waals surface area contributed by atoms with Gasteiger partial charge in [0.15, 0.2) is 0 Å². The first-order chi connectivity index (χ1) is 15.7. The van der Waals surface area contributed by atoms with Crippen LogP contribution in [-0.4, -0.2) is 72.3 Å². The number of amides is 1. The fraction of sp³-hybridized carbons (Fsp3) is 0.654. The van der Waals surface area contributed by atoms with E-state index in [9.17, 15) is 4.79 Å². The predicted molar refractivity (Wildman–Crippen MR) is 133 cm³/mol. The van der Waals surface area contributed by atoms with Crippen LogP contribution in [0.5, 0.6) is 0 Å². The molecule has 7 nitrogen and oxygen atoms in total. The van der Waals surface area contributed by atoms with E-state index in [4.69, 9.17) is 14.7 Å². The standard InChI is InChI=1S/C26H39N5O2/c1-18(2)21-6-7-23-22(16-21)19(3)28-25(29-23)30-10-8-20(9-11-30)24(32)27-17-26(4,5)31-12-14-33-15-13-31/h6-7,16,18,20H,8-15,17H2,1-5H3,(H,27,32). The molecule has 0 saturated carbocycles. The van der Waals surface area contributed by atoms with Crippen molar-refractivity contribution in [3.8, 4) is 0 Å². The van der Waals surface area contributed by atoms with Gasteiger partial charge in [-0.2, -0.15) is 0 Å². The molecule has 2 aliphatic heterocycles. The van der Waals surface area contributed by atoms with Crippen molar-refractivity contribution in [1.29, 1.82) is 0 Å². The third-order valence-electron chi connectivity index (χ3n) is 7.28. The Hall–Kier alpha value is -2.25. The number of anilines is 1. The molecule has 1 aromatic heterocycles. The van der Waals surface area contributed by atoms with Crippen LogP contribution >= 0.6 is 0 Å². The Morgan fingerprint density at radius 3 is 2.52 bits per heavy atom. The maximum absolute atomic E-state index is 12.9. The first-order valence-electron chi connectivity index (χ1n) is 12.4. The Morgan fingerprint density at radius 2 is 1.85 bits per heavy atom. The van der Waals surface area contributed by atoms with Crippen molar-refractivity contribution in [2.45, 2.75) is 58.9 Å². The lowest BCUT2D eigenvalue weighted by molar-refractivity contribution is -0.126. The van der Waals surface area contributed by atoms with Gasteiger partial charge in [-0.15, -0.1) is 0 Å². The fourth-order valence-electron chi connectivity index (χ4n) is 4.85. The molecular formula is C26H39N5O2. The van der Waals surface area contributed by atoms with Gasteiger partial charge in [0, 0.05) is 49.6 Å². The molecule has 0 spiro atoms. The molecule has 2 fully saturated rings. The zero-order chi connectivity index (χ0) is 23.6. The Bertz CT molecular complexity index is 976. The number of nitrogens with one attached hydrogen (secondary N) is 1. The number of piperidine rings is 1. The molecule has 3 heterocycles. The Morgan fingerprint density at radius 1 is 1.15 bits per heavy atom. The molecule has 0 unspecified atom stereocenters. The monoisotopic (exact) mass is 453 g/mol. The van der Waals surface area contributed by atoms with E-state index in [-0.39, 0.29) is 17.4 Å². The largest absolute Gasteiger partial charge is 0.379 e. The van der Waals surface area contributed by atoms with Crippen LogP contribution in [0.25, 0.3) is 10.9 Å². The van der Waals surface area contributed by atoms with Gasteiger partial charge in [-0.05, 0) is 57.2 Å². The number of carbonyl (C=O) groups excluding carboxylic acids is 1. The second kappa shape index (κ2) is 9.94. The van der Waals surface area contributed by atoms with E-state index in [1.165, 1.54) is 5.56 Å². The first-order valence-corrected chi connectivity index (χ1v) is 12.4. The molecule has 2 aliphatic rings. The van der Waals surface area contributed by atoms with Crippen molar-refractivity contribution >= 4 is 22.8 Å². The van der Waals surface area contributed by atoms with Crippen molar-refractivity contribution in [2.75, 3.05) is 50.8 Å². The smallest absolute Gasteiger partial charge is 0.226 e. The Kier molecular flexibility index (Phi) is 7.19. The second-order valence-electron chi connectivity index (χ2n) is 10.4. The molecule has 1 aromatic carbocycles. The van der Waals surface area contributed by atoms with Gasteiger partial charge in [0.2, 0.25) is 11.9 Å². The summed E-state index contributed by atoms with van der Waals surface area (Å²) in [5.74, 6) is 1.49. The second-order valence-corrected chi connectivity index (χ2v) is 10.4. The molecule has 0 atom stereocenters. The van der Waals surface area contributed by atoms with Crippen molar-refractivity contribution in [3.05, 3.63) is 29.5 Å². The van der Waals surface area contributed by atoms with Gasteiger partial charge in [-0.1, -0.05) is 19.9 Å². The third-order valence-corrected chi connectivity index (χ3v) is 7.28. The number of nitrogens with zero attached hydrogens (tertiary/aromatic N) is 4. The number of ether oxygens (including phenoxy) is 1. The lowest BCUT2D eigenvalue weighted by Gasteiger charge is -2.41. The maximum Gasteiger partial charge on any atom is 0.226 e. The number of hydrogen-bond acceptors (Lipinski definition) is 6. The van der Waals surface area contributed by atoms with E-state index in [2.05, 4.69) is 67.9 Å². The van der Waals surface area contributed by atoms with Gasteiger partial charge >= 0.3 is 0 Å². The van der Waals surface area contributed by atoms with E-state index >= 15 is 0 Å². The molecule has 0 bridgehead atoms. The predicted octanol–water partition coefficient (Wildman–Crippen LogP) is 3.51. The first kappa shape index (κ1) is 23.9. The Labute approximate surface area is 197 Å². The van der Waals surface area contributed by atoms with Crippen molar-refractivity contribution in [2.24, 2.45) is 5.92 Å². The molecule has 1 amide bonds. The molecule has 4 rings (SSSR count). The number of morpholine rings is 1. The molecular weight excluding hydrogens is 414 g/mol. The molecule has 33 heavy (non-hydrogen) atoms. The van der Waals surface area contributed by atoms with E-state index in [1.54, 1.807) is 0 Å². The van der Waals surface area contributed by atoms with Gasteiger partial charge in [-0.3, -0.25) is 9.69 Å². The van der Waals surface area contributed by atoms with E-state index in [0.717, 1.165) is 74.8 Å². The minimum Gasteiger partial charge on any atom is -0.379 e. The average Bonchev–Trinajstić information content (AvgIpc) is 2.83. The van der Waals surface area contributed by atoms with Gasteiger partial charge in [0.25, 0.3) is 0 Å². The quantitative estimate of drug-likeness (QED) is 0.722. The topological polar surface area (TPSA) is 70.6 Å². The molecule has 2 saturated heterocycles. The summed E-state index contributed by atoms with van der Waals surface area (Å²) in [7, 11) is 0. The van der Waals surface area contributed by atoms with Crippen LogP contribution in [0.3, 0.4) is 0 Å². The summed E-state index contributed by atoms with van der Waals surface area (Å²) < 4.78 is 5.46. The highest BCUT2D eigenvalue weighted by Crippen LogP contribution is 2.26. The van der Waals surface area contributed by atoms with Crippen LogP contribution in [0.15, 0.2) is 18.2 Å².